The molecule has 104 valence electrons. The first-order valence-electron chi connectivity index (χ1n) is 5.76. The Bertz CT molecular complexity index is 389. The molecular formula is C10H20N4O2S2. The van der Waals surface area contributed by atoms with E-state index in [1.165, 1.54) is 4.31 Å². The normalized spacial score (nSPS) is 18.6. The molecule has 0 spiro atoms. The van der Waals surface area contributed by atoms with Crippen molar-refractivity contribution in [3.63, 3.8) is 0 Å². The number of nitrogens with zero attached hydrogens (tertiary/aromatic N) is 2. The molecule has 1 rings (SSSR count). The summed E-state index contributed by atoms with van der Waals surface area (Å²) in [4.78, 5) is 3.97. The third-order valence-corrected chi connectivity index (χ3v) is 5.22. The van der Waals surface area contributed by atoms with Crippen LogP contribution in [0, 0.1) is 0 Å². The molecule has 1 saturated heterocycles. The first-order chi connectivity index (χ1) is 8.56. The van der Waals surface area contributed by atoms with Crippen LogP contribution in [0.3, 0.4) is 0 Å². The lowest BCUT2D eigenvalue weighted by Crippen LogP contribution is -2.40. The predicted octanol–water partition coefficient (Wildman–Crippen LogP) is -0.545. The van der Waals surface area contributed by atoms with Gasteiger partial charge in [-0.25, -0.2) is 12.7 Å². The molecule has 0 amide bonds. The highest BCUT2D eigenvalue weighted by Crippen LogP contribution is 2.13. The fourth-order valence-corrected chi connectivity index (χ4v) is 3.92. The van der Waals surface area contributed by atoms with Crippen molar-refractivity contribution in [2.24, 2.45) is 10.7 Å². The summed E-state index contributed by atoms with van der Waals surface area (Å²) in [5.41, 5.74) is 5.55. The maximum Gasteiger partial charge on any atom is 0.215 e. The molecule has 1 aliphatic rings. The molecule has 8 heteroatoms. The second kappa shape index (κ2) is 7.65. The van der Waals surface area contributed by atoms with Gasteiger partial charge >= 0.3 is 0 Å². The van der Waals surface area contributed by atoms with Crippen molar-refractivity contribution >= 4 is 27.7 Å². The quantitative estimate of drug-likeness (QED) is 0.390. The zero-order chi connectivity index (χ0) is 13.4. The zero-order valence-electron chi connectivity index (χ0n) is 10.3. The Labute approximate surface area is 113 Å². The van der Waals surface area contributed by atoms with Crippen LogP contribution in [-0.4, -0.2) is 62.1 Å². The maximum absolute atomic E-state index is 12.0. The Balaban J connectivity index is 2.39. The highest BCUT2D eigenvalue weighted by atomic mass is 32.2. The average Bonchev–Trinajstić information content (AvgIpc) is 2.37. The Hall–Kier alpha value is -0.730. The molecule has 0 aromatic rings. The molecule has 3 N–H and O–H groups in total. The third kappa shape index (κ3) is 5.28. The number of aliphatic imine (C=N–C) groups is 1. The van der Waals surface area contributed by atoms with Gasteiger partial charge in [0.25, 0.3) is 0 Å². The van der Waals surface area contributed by atoms with E-state index in [0.717, 1.165) is 11.5 Å². The van der Waals surface area contributed by atoms with Gasteiger partial charge in [-0.3, -0.25) is 4.99 Å². The molecule has 0 radical (unpaired) electrons. The molecule has 1 fully saturated rings. The zero-order valence-corrected chi connectivity index (χ0v) is 12.0. The molecule has 0 saturated carbocycles. The predicted molar refractivity (Wildman–Crippen MR) is 77.4 cm³/mol. The minimum absolute atomic E-state index is 0.00807. The summed E-state index contributed by atoms with van der Waals surface area (Å²) in [5.74, 6) is 1.99. The smallest absolute Gasteiger partial charge is 0.215 e. The van der Waals surface area contributed by atoms with Gasteiger partial charge in [-0.15, -0.1) is 6.58 Å². The topological polar surface area (TPSA) is 87.8 Å². The maximum atomic E-state index is 12.0. The summed E-state index contributed by atoms with van der Waals surface area (Å²) >= 11 is 1.78. The van der Waals surface area contributed by atoms with Crippen LogP contribution < -0.4 is 11.1 Å². The van der Waals surface area contributed by atoms with Crippen molar-refractivity contribution in [2.75, 3.05) is 43.4 Å². The van der Waals surface area contributed by atoms with E-state index in [0.29, 0.717) is 19.6 Å². The number of nitrogens with two attached hydrogens (primary N) is 1. The van der Waals surface area contributed by atoms with Crippen LogP contribution in [0.5, 0.6) is 0 Å². The lowest BCUT2D eigenvalue weighted by atomic mass is 10.6. The summed E-state index contributed by atoms with van der Waals surface area (Å²) < 4.78 is 25.4. The summed E-state index contributed by atoms with van der Waals surface area (Å²) in [5, 5.41) is 2.80. The summed E-state index contributed by atoms with van der Waals surface area (Å²) in [6, 6.07) is 0. The summed E-state index contributed by atoms with van der Waals surface area (Å²) in [7, 11) is -3.19. The van der Waals surface area contributed by atoms with Crippen LogP contribution in [0.15, 0.2) is 17.6 Å². The molecule has 0 bridgehead atoms. The van der Waals surface area contributed by atoms with Crippen LogP contribution in [0.1, 0.15) is 0 Å². The summed E-state index contributed by atoms with van der Waals surface area (Å²) in [6.45, 7) is 5.43. The third-order valence-electron chi connectivity index (χ3n) is 2.42. The van der Waals surface area contributed by atoms with E-state index in [1.807, 2.05) is 0 Å². The molecule has 0 aromatic carbocycles. The van der Waals surface area contributed by atoms with Crippen molar-refractivity contribution < 1.29 is 8.42 Å². The number of hydrogen-bond donors (Lipinski definition) is 2. The van der Waals surface area contributed by atoms with Crippen molar-refractivity contribution in [2.45, 2.75) is 0 Å². The van der Waals surface area contributed by atoms with Crippen molar-refractivity contribution in [1.29, 1.82) is 0 Å². The van der Waals surface area contributed by atoms with E-state index in [-0.39, 0.29) is 18.3 Å². The van der Waals surface area contributed by atoms with Gasteiger partial charge in [-0.1, -0.05) is 6.08 Å². The fourth-order valence-electron chi connectivity index (χ4n) is 1.47. The molecule has 0 atom stereocenters. The minimum Gasteiger partial charge on any atom is -0.370 e. The molecule has 0 aliphatic carbocycles. The minimum atomic E-state index is -3.19. The number of nitrogens with one attached hydrogen (secondary N) is 1. The van der Waals surface area contributed by atoms with Gasteiger partial charge in [-0.05, 0) is 0 Å². The van der Waals surface area contributed by atoms with Crippen LogP contribution in [0.4, 0.5) is 0 Å². The van der Waals surface area contributed by atoms with Crippen molar-refractivity contribution in [1.82, 2.24) is 9.62 Å². The Morgan fingerprint density at radius 2 is 2.17 bits per heavy atom. The van der Waals surface area contributed by atoms with Gasteiger partial charge in [0.1, 0.15) is 0 Å². The van der Waals surface area contributed by atoms with Gasteiger partial charge < -0.3 is 11.1 Å². The van der Waals surface area contributed by atoms with Gasteiger partial charge in [0, 0.05) is 31.1 Å². The number of hydrogen-bond acceptors (Lipinski definition) is 4. The van der Waals surface area contributed by atoms with Crippen LogP contribution in [-0.2, 0) is 10.0 Å². The molecule has 6 nitrogen and oxygen atoms in total. The highest BCUT2D eigenvalue weighted by molar-refractivity contribution is 7.99. The van der Waals surface area contributed by atoms with Crippen LogP contribution >= 0.6 is 11.8 Å². The molecular weight excluding hydrogens is 272 g/mol. The first-order valence-corrected chi connectivity index (χ1v) is 8.53. The van der Waals surface area contributed by atoms with Crippen LogP contribution in [0.2, 0.25) is 0 Å². The second-order valence-corrected chi connectivity index (χ2v) is 7.08. The average molecular weight is 292 g/mol. The largest absolute Gasteiger partial charge is 0.370 e. The van der Waals surface area contributed by atoms with Crippen LogP contribution in [0.25, 0.3) is 0 Å². The van der Waals surface area contributed by atoms with Crippen molar-refractivity contribution in [3.05, 3.63) is 12.7 Å². The lowest BCUT2D eigenvalue weighted by molar-refractivity contribution is 0.444. The molecule has 0 aromatic heterocycles. The van der Waals surface area contributed by atoms with Crippen molar-refractivity contribution in [3.8, 4) is 0 Å². The van der Waals surface area contributed by atoms with E-state index in [4.69, 9.17) is 5.73 Å². The molecule has 1 aliphatic heterocycles. The second-order valence-electron chi connectivity index (χ2n) is 3.76. The molecule has 18 heavy (non-hydrogen) atoms. The monoisotopic (exact) mass is 292 g/mol. The number of thioether (sulfide) groups is 1. The lowest BCUT2D eigenvalue weighted by Gasteiger charge is -2.25. The number of guanidine groups is 1. The van der Waals surface area contributed by atoms with E-state index < -0.39 is 10.0 Å². The molecule has 0 unspecified atom stereocenters. The fraction of sp³-hybridized carbons (Fsp3) is 0.700. The van der Waals surface area contributed by atoms with Gasteiger partial charge in [-0.2, -0.15) is 11.8 Å². The summed E-state index contributed by atoms with van der Waals surface area (Å²) in [6.07, 6.45) is 1.66. The van der Waals surface area contributed by atoms with E-state index in [9.17, 15) is 8.42 Å². The standard InChI is InChI=1S/C10H20N4O2S2/c1-2-3-12-10(11)13-4-9-18(15,16)14-5-7-17-8-6-14/h2H,1,3-9H2,(H3,11,12,13). The van der Waals surface area contributed by atoms with Gasteiger partial charge in [0.05, 0.1) is 12.3 Å². The number of rotatable bonds is 6. The molecule has 1 heterocycles. The SMILES string of the molecule is C=CCNC(N)=NCCS(=O)(=O)N1CCSCC1. The van der Waals surface area contributed by atoms with E-state index >= 15 is 0 Å². The number of sulfonamides is 1. The van der Waals surface area contributed by atoms with E-state index in [2.05, 4.69) is 16.9 Å². The first kappa shape index (κ1) is 15.3. The highest BCUT2D eigenvalue weighted by Gasteiger charge is 2.23. The van der Waals surface area contributed by atoms with Gasteiger partial charge in [0.2, 0.25) is 10.0 Å². The van der Waals surface area contributed by atoms with E-state index in [1.54, 1.807) is 17.8 Å². The Kier molecular flexibility index (Phi) is 6.51. The Morgan fingerprint density at radius 1 is 1.50 bits per heavy atom. The van der Waals surface area contributed by atoms with Gasteiger partial charge in [0.15, 0.2) is 5.96 Å². The Morgan fingerprint density at radius 3 is 2.78 bits per heavy atom.